The number of unbranched alkanes of at least 4 members (excludes halogenated alkanes) is 1. The molecule has 1 unspecified atom stereocenters. The first-order valence-electron chi connectivity index (χ1n) is 5.53. The van der Waals surface area contributed by atoms with Gasteiger partial charge in [0, 0.05) is 6.61 Å². The number of hydrogen-bond donors (Lipinski definition) is 3. The van der Waals surface area contributed by atoms with Crippen LogP contribution in [0.25, 0.3) is 0 Å². The van der Waals surface area contributed by atoms with Crippen molar-refractivity contribution in [1.29, 1.82) is 0 Å². The van der Waals surface area contributed by atoms with Gasteiger partial charge in [0.2, 0.25) is 0 Å². The minimum Gasteiger partial charge on any atom is -0.397 e. The zero-order valence-corrected chi connectivity index (χ0v) is 10.9. The van der Waals surface area contributed by atoms with Crippen LogP contribution in [-0.4, -0.2) is 28.1 Å². The molecule has 0 radical (unpaired) electrons. The molecule has 3 N–H and O–H groups in total. The van der Waals surface area contributed by atoms with Crippen LogP contribution in [0.4, 0.5) is 0 Å². The molecule has 0 spiro atoms. The van der Waals surface area contributed by atoms with Crippen molar-refractivity contribution in [3.05, 3.63) is 0 Å². The highest BCUT2D eigenvalue weighted by Gasteiger charge is 2.08. The number of aliphatic hydroxyl groups excluding tert-OH is 1. The smallest absolute Gasteiger partial charge is 0.327 e. The minimum absolute atomic E-state index is 0.250. The Morgan fingerprint density at radius 2 is 1.73 bits per heavy atom. The van der Waals surface area contributed by atoms with Gasteiger partial charge in [-0.1, -0.05) is 33.1 Å². The molecule has 0 bridgehead atoms. The third kappa shape index (κ3) is 16.9. The summed E-state index contributed by atoms with van der Waals surface area (Å²) in [6, 6.07) is 0. The monoisotopic (exact) mass is 240 g/mol. The van der Waals surface area contributed by atoms with E-state index in [-0.39, 0.29) is 6.61 Å². The second-order valence-corrected chi connectivity index (χ2v) is 4.04. The lowest BCUT2D eigenvalue weighted by Crippen LogP contribution is -2.06. The van der Waals surface area contributed by atoms with Gasteiger partial charge in [-0.2, -0.15) is 0 Å². The van der Waals surface area contributed by atoms with Gasteiger partial charge in [0.05, 0.1) is 6.61 Å². The maximum atomic E-state index is 8.52. The Morgan fingerprint density at radius 3 is 2.07 bits per heavy atom. The van der Waals surface area contributed by atoms with Gasteiger partial charge in [0.15, 0.2) is 0 Å². The van der Waals surface area contributed by atoms with Crippen LogP contribution >= 0.6 is 8.60 Å². The number of rotatable bonds is 7. The summed E-state index contributed by atoms with van der Waals surface area (Å²) < 4.78 is 4.77. The molecule has 0 aromatic rings. The zero-order chi connectivity index (χ0) is 12.1. The Labute approximate surface area is 94.3 Å². The van der Waals surface area contributed by atoms with Gasteiger partial charge in [0.25, 0.3) is 0 Å². The molecule has 5 heteroatoms. The molecule has 0 rings (SSSR count). The van der Waals surface area contributed by atoms with Crippen molar-refractivity contribution in [2.45, 2.75) is 46.5 Å². The van der Waals surface area contributed by atoms with Crippen molar-refractivity contribution in [1.82, 2.24) is 0 Å². The van der Waals surface area contributed by atoms with Crippen molar-refractivity contribution in [3.8, 4) is 0 Å². The first-order chi connectivity index (χ1) is 7.12. The normalized spacial score (nSPS) is 12.2. The Bertz CT molecular complexity index is 112. The third-order valence-corrected chi connectivity index (χ3v) is 2.35. The van der Waals surface area contributed by atoms with E-state index in [4.69, 9.17) is 19.4 Å². The number of aliphatic hydroxyl groups is 1. The molecule has 0 aliphatic rings. The topological polar surface area (TPSA) is 69.9 Å². The largest absolute Gasteiger partial charge is 0.397 e. The van der Waals surface area contributed by atoms with E-state index in [1.165, 1.54) is 12.8 Å². The fourth-order valence-corrected chi connectivity index (χ4v) is 1.41. The molecule has 4 nitrogen and oxygen atoms in total. The van der Waals surface area contributed by atoms with Crippen molar-refractivity contribution in [2.24, 2.45) is 5.92 Å². The second kappa shape index (κ2) is 14.3. The maximum Gasteiger partial charge on any atom is 0.327 e. The SMILES string of the molecule is CCCCC(CC)COP(O)O.CCO. The maximum absolute atomic E-state index is 8.52. The first kappa shape index (κ1) is 17.7. The highest BCUT2D eigenvalue weighted by Crippen LogP contribution is 2.27. The predicted molar refractivity (Wildman–Crippen MR) is 63.4 cm³/mol. The molecular formula is C10H25O4P. The van der Waals surface area contributed by atoms with E-state index in [0.717, 1.165) is 12.8 Å². The lowest BCUT2D eigenvalue weighted by atomic mass is 10.0. The molecule has 0 aromatic heterocycles. The van der Waals surface area contributed by atoms with Gasteiger partial charge in [-0.05, 0) is 19.3 Å². The van der Waals surface area contributed by atoms with Crippen molar-refractivity contribution < 1.29 is 19.4 Å². The zero-order valence-electron chi connectivity index (χ0n) is 10.0. The molecule has 94 valence electrons. The van der Waals surface area contributed by atoms with Crippen molar-refractivity contribution >= 4 is 8.60 Å². The van der Waals surface area contributed by atoms with Crippen LogP contribution < -0.4 is 0 Å². The van der Waals surface area contributed by atoms with E-state index in [9.17, 15) is 0 Å². The van der Waals surface area contributed by atoms with Crippen LogP contribution in [0, 0.1) is 5.92 Å². The predicted octanol–water partition coefficient (Wildman–Crippen LogP) is 2.43. The number of hydrogen-bond acceptors (Lipinski definition) is 4. The van der Waals surface area contributed by atoms with Crippen LogP contribution in [0.15, 0.2) is 0 Å². The Kier molecular flexibility index (Phi) is 16.8. The summed E-state index contributed by atoms with van der Waals surface area (Å²) in [6.45, 7) is 6.66. The summed E-state index contributed by atoms with van der Waals surface area (Å²) in [6.07, 6.45) is 4.54. The average Bonchev–Trinajstić information content (AvgIpc) is 2.19. The lowest BCUT2D eigenvalue weighted by Gasteiger charge is -2.14. The van der Waals surface area contributed by atoms with Gasteiger partial charge in [-0.15, -0.1) is 0 Å². The Morgan fingerprint density at radius 1 is 1.20 bits per heavy atom. The van der Waals surface area contributed by atoms with E-state index < -0.39 is 8.60 Å². The van der Waals surface area contributed by atoms with E-state index in [1.54, 1.807) is 6.92 Å². The van der Waals surface area contributed by atoms with Crippen molar-refractivity contribution in [3.63, 3.8) is 0 Å². The van der Waals surface area contributed by atoms with E-state index >= 15 is 0 Å². The van der Waals surface area contributed by atoms with E-state index in [0.29, 0.717) is 12.5 Å². The van der Waals surface area contributed by atoms with Crippen molar-refractivity contribution in [2.75, 3.05) is 13.2 Å². The van der Waals surface area contributed by atoms with Crippen LogP contribution in [0.5, 0.6) is 0 Å². The third-order valence-electron chi connectivity index (χ3n) is 1.97. The summed E-state index contributed by atoms with van der Waals surface area (Å²) >= 11 is 0. The summed E-state index contributed by atoms with van der Waals surface area (Å²) in [4.78, 5) is 17.0. The first-order valence-corrected chi connectivity index (χ1v) is 6.70. The molecular weight excluding hydrogens is 215 g/mol. The molecule has 0 saturated carbocycles. The molecule has 0 saturated heterocycles. The highest BCUT2D eigenvalue weighted by molar-refractivity contribution is 7.39. The van der Waals surface area contributed by atoms with Gasteiger partial charge >= 0.3 is 8.60 Å². The van der Waals surface area contributed by atoms with Gasteiger partial charge in [-0.25, -0.2) is 0 Å². The summed E-state index contributed by atoms with van der Waals surface area (Å²) in [5, 5.41) is 7.57. The van der Waals surface area contributed by atoms with Crippen LogP contribution in [0.3, 0.4) is 0 Å². The summed E-state index contributed by atoms with van der Waals surface area (Å²) in [7, 11) is -2.15. The fraction of sp³-hybridized carbons (Fsp3) is 1.00. The second-order valence-electron chi connectivity index (χ2n) is 3.28. The van der Waals surface area contributed by atoms with Crippen LogP contribution in [0.1, 0.15) is 46.5 Å². The Hall–Kier alpha value is 0.270. The van der Waals surface area contributed by atoms with Gasteiger partial charge < -0.3 is 19.4 Å². The molecule has 15 heavy (non-hydrogen) atoms. The molecule has 0 aliphatic carbocycles. The van der Waals surface area contributed by atoms with Gasteiger partial charge in [0.1, 0.15) is 0 Å². The van der Waals surface area contributed by atoms with E-state index in [2.05, 4.69) is 13.8 Å². The molecule has 0 heterocycles. The van der Waals surface area contributed by atoms with Crippen LogP contribution in [0.2, 0.25) is 0 Å². The van der Waals surface area contributed by atoms with Gasteiger partial charge in [-0.3, -0.25) is 0 Å². The van der Waals surface area contributed by atoms with E-state index in [1.807, 2.05) is 0 Å². The van der Waals surface area contributed by atoms with Crippen LogP contribution in [-0.2, 0) is 4.52 Å². The molecule has 0 aliphatic heterocycles. The average molecular weight is 240 g/mol. The lowest BCUT2D eigenvalue weighted by molar-refractivity contribution is 0.201. The molecule has 0 amide bonds. The molecule has 0 aromatic carbocycles. The summed E-state index contributed by atoms with van der Waals surface area (Å²) in [5.41, 5.74) is 0. The minimum atomic E-state index is -2.15. The Balaban J connectivity index is 0. The molecule has 1 atom stereocenters. The molecule has 0 fully saturated rings. The standard InChI is InChI=1S/C8H19O3P.C2H6O/c1-3-5-6-8(4-2)7-11-12(9)10;1-2-3/h8-10H,3-7H2,1-2H3;3H,2H2,1H3. The summed E-state index contributed by atoms with van der Waals surface area (Å²) in [5.74, 6) is 0.481. The fourth-order valence-electron chi connectivity index (χ4n) is 1.07. The quantitative estimate of drug-likeness (QED) is 0.598. The highest BCUT2D eigenvalue weighted by atomic mass is 31.2.